The van der Waals surface area contributed by atoms with Gasteiger partial charge < -0.3 is 10.0 Å². The van der Waals surface area contributed by atoms with E-state index in [0.717, 1.165) is 63.6 Å². The van der Waals surface area contributed by atoms with E-state index in [1.54, 1.807) is 0 Å². The van der Waals surface area contributed by atoms with Crippen LogP contribution in [-0.4, -0.2) is 45.7 Å². The topological polar surface area (TPSA) is 52.5 Å². The molecule has 5 nitrogen and oxygen atoms in total. The predicted molar refractivity (Wildman–Crippen MR) is 98.5 cm³/mol. The van der Waals surface area contributed by atoms with Gasteiger partial charge in [0.05, 0.1) is 11.8 Å². The van der Waals surface area contributed by atoms with Gasteiger partial charge in [-0.2, -0.15) is 0 Å². The van der Waals surface area contributed by atoms with E-state index < -0.39 is 0 Å². The highest BCUT2D eigenvalue weighted by Gasteiger charge is 2.26. The molecule has 1 aromatic heterocycles. The third-order valence-electron chi connectivity index (χ3n) is 5.24. The number of rotatable bonds is 3. The second-order valence-corrected chi connectivity index (χ2v) is 7.18. The number of piperidine rings is 1. The normalized spacial score (nSPS) is 19.0. The van der Waals surface area contributed by atoms with Crippen molar-refractivity contribution < 1.29 is 5.11 Å². The summed E-state index contributed by atoms with van der Waals surface area (Å²) in [6.45, 7) is 6.64. The molecule has 0 spiro atoms. The minimum atomic E-state index is -0.162. The van der Waals surface area contributed by atoms with Crippen molar-refractivity contribution in [2.75, 3.05) is 24.5 Å². The molecule has 0 aliphatic carbocycles. The van der Waals surface area contributed by atoms with Crippen LogP contribution in [0.4, 0.5) is 5.82 Å². The maximum absolute atomic E-state index is 9.81. The molecule has 2 aliphatic heterocycles. The number of fused-ring (bicyclic) bond motifs is 1. The van der Waals surface area contributed by atoms with Crippen LogP contribution in [0.15, 0.2) is 30.3 Å². The molecule has 1 fully saturated rings. The maximum Gasteiger partial charge on any atom is 0.137 e. The van der Waals surface area contributed by atoms with E-state index in [4.69, 9.17) is 9.97 Å². The SMILES string of the molecule is Cc1nc2c(c(N3CCC(O)CC3)n1)CN(Cc1ccccc1)CC2. The quantitative estimate of drug-likeness (QED) is 0.931. The van der Waals surface area contributed by atoms with Crippen molar-refractivity contribution in [3.05, 3.63) is 53.0 Å². The molecule has 25 heavy (non-hydrogen) atoms. The van der Waals surface area contributed by atoms with Crippen LogP contribution in [0.2, 0.25) is 0 Å². The Labute approximate surface area is 149 Å². The van der Waals surface area contributed by atoms with Crippen molar-refractivity contribution in [3.63, 3.8) is 0 Å². The van der Waals surface area contributed by atoms with Gasteiger partial charge in [0.25, 0.3) is 0 Å². The van der Waals surface area contributed by atoms with E-state index in [1.165, 1.54) is 16.8 Å². The highest BCUT2D eigenvalue weighted by atomic mass is 16.3. The van der Waals surface area contributed by atoms with Crippen LogP contribution in [0.5, 0.6) is 0 Å². The molecule has 1 N–H and O–H groups in total. The van der Waals surface area contributed by atoms with E-state index in [1.807, 2.05) is 6.92 Å². The summed E-state index contributed by atoms with van der Waals surface area (Å²) in [4.78, 5) is 14.3. The number of aliphatic hydroxyl groups excluding tert-OH is 1. The molecule has 2 aliphatic rings. The van der Waals surface area contributed by atoms with Gasteiger partial charge in [0.15, 0.2) is 0 Å². The first-order chi connectivity index (χ1) is 12.2. The number of nitrogens with zero attached hydrogens (tertiary/aromatic N) is 4. The number of aliphatic hydroxyl groups is 1. The Morgan fingerprint density at radius 3 is 2.60 bits per heavy atom. The Morgan fingerprint density at radius 2 is 1.84 bits per heavy atom. The number of aromatic nitrogens is 2. The summed E-state index contributed by atoms with van der Waals surface area (Å²) in [5.74, 6) is 1.95. The molecule has 0 unspecified atom stereocenters. The Morgan fingerprint density at radius 1 is 1.08 bits per heavy atom. The van der Waals surface area contributed by atoms with Gasteiger partial charge in [0.1, 0.15) is 11.6 Å². The number of anilines is 1. The minimum absolute atomic E-state index is 0.162. The zero-order valence-corrected chi connectivity index (χ0v) is 14.9. The van der Waals surface area contributed by atoms with Gasteiger partial charge in [-0.25, -0.2) is 9.97 Å². The standard InChI is InChI=1S/C20H26N4O/c1-15-21-19-9-10-23(13-16-5-3-2-4-6-16)14-18(19)20(22-15)24-11-7-17(25)8-12-24/h2-6,17,25H,7-14H2,1H3. The molecule has 0 saturated carbocycles. The Bertz CT molecular complexity index is 726. The van der Waals surface area contributed by atoms with Crippen LogP contribution in [0, 0.1) is 6.92 Å². The molecular weight excluding hydrogens is 312 g/mol. The van der Waals surface area contributed by atoms with Crippen LogP contribution in [0.1, 0.15) is 35.5 Å². The molecule has 1 aromatic carbocycles. The second kappa shape index (κ2) is 7.10. The fraction of sp³-hybridized carbons (Fsp3) is 0.500. The average Bonchev–Trinajstić information content (AvgIpc) is 2.63. The number of hydrogen-bond donors (Lipinski definition) is 1. The summed E-state index contributed by atoms with van der Waals surface area (Å²) in [5, 5.41) is 9.81. The molecular formula is C20H26N4O. The summed E-state index contributed by atoms with van der Waals surface area (Å²) < 4.78 is 0. The summed E-state index contributed by atoms with van der Waals surface area (Å²) >= 11 is 0. The van der Waals surface area contributed by atoms with Gasteiger partial charge in [-0.15, -0.1) is 0 Å². The molecule has 132 valence electrons. The lowest BCUT2D eigenvalue weighted by Crippen LogP contribution is -2.39. The van der Waals surface area contributed by atoms with Crippen LogP contribution in [0.25, 0.3) is 0 Å². The van der Waals surface area contributed by atoms with Crippen molar-refractivity contribution in [2.24, 2.45) is 0 Å². The molecule has 3 heterocycles. The summed E-state index contributed by atoms with van der Waals surface area (Å²) in [7, 11) is 0. The van der Waals surface area contributed by atoms with Gasteiger partial charge in [-0.1, -0.05) is 30.3 Å². The first-order valence-electron chi connectivity index (χ1n) is 9.25. The largest absolute Gasteiger partial charge is 0.393 e. The minimum Gasteiger partial charge on any atom is -0.393 e. The molecule has 5 heteroatoms. The highest BCUT2D eigenvalue weighted by molar-refractivity contribution is 5.50. The first kappa shape index (κ1) is 16.5. The number of aryl methyl sites for hydroxylation is 1. The maximum atomic E-state index is 9.81. The lowest BCUT2D eigenvalue weighted by Gasteiger charge is -2.35. The first-order valence-corrected chi connectivity index (χ1v) is 9.25. The van der Waals surface area contributed by atoms with E-state index in [9.17, 15) is 5.11 Å². The van der Waals surface area contributed by atoms with Crippen LogP contribution < -0.4 is 4.90 Å². The molecule has 0 amide bonds. The summed E-state index contributed by atoms with van der Waals surface area (Å²) in [6.07, 6.45) is 2.47. The van der Waals surface area contributed by atoms with Gasteiger partial charge in [0, 0.05) is 44.7 Å². The Hall–Kier alpha value is -1.98. The molecule has 0 radical (unpaired) electrons. The van der Waals surface area contributed by atoms with E-state index in [0.29, 0.717) is 0 Å². The third-order valence-corrected chi connectivity index (χ3v) is 5.24. The predicted octanol–water partition coefficient (Wildman–Crippen LogP) is 2.30. The van der Waals surface area contributed by atoms with Crippen molar-refractivity contribution in [1.82, 2.24) is 14.9 Å². The zero-order chi connectivity index (χ0) is 17.2. The summed E-state index contributed by atoms with van der Waals surface area (Å²) in [6, 6.07) is 10.6. The van der Waals surface area contributed by atoms with E-state index >= 15 is 0 Å². The monoisotopic (exact) mass is 338 g/mol. The number of hydrogen-bond acceptors (Lipinski definition) is 5. The van der Waals surface area contributed by atoms with E-state index in [2.05, 4.69) is 40.1 Å². The zero-order valence-electron chi connectivity index (χ0n) is 14.9. The Kier molecular flexibility index (Phi) is 4.68. The van der Waals surface area contributed by atoms with Crippen LogP contribution in [0.3, 0.4) is 0 Å². The van der Waals surface area contributed by atoms with Gasteiger partial charge in [-0.3, -0.25) is 4.90 Å². The molecule has 0 bridgehead atoms. The Balaban J connectivity index is 1.57. The molecule has 2 aromatic rings. The van der Waals surface area contributed by atoms with Crippen LogP contribution >= 0.6 is 0 Å². The lowest BCUT2D eigenvalue weighted by molar-refractivity contribution is 0.145. The van der Waals surface area contributed by atoms with Crippen molar-refractivity contribution >= 4 is 5.82 Å². The molecule has 1 saturated heterocycles. The fourth-order valence-corrected chi connectivity index (χ4v) is 3.89. The lowest BCUT2D eigenvalue weighted by atomic mass is 10.0. The highest BCUT2D eigenvalue weighted by Crippen LogP contribution is 2.29. The second-order valence-electron chi connectivity index (χ2n) is 7.18. The van der Waals surface area contributed by atoms with Gasteiger partial charge in [0.2, 0.25) is 0 Å². The van der Waals surface area contributed by atoms with Crippen molar-refractivity contribution in [2.45, 2.75) is 45.4 Å². The van der Waals surface area contributed by atoms with Crippen molar-refractivity contribution in [3.8, 4) is 0 Å². The van der Waals surface area contributed by atoms with Crippen LogP contribution in [-0.2, 0) is 19.5 Å². The third kappa shape index (κ3) is 3.67. The fourth-order valence-electron chi connectivity index (χ4n) is 3.89. The smallest absolute Gasteiger partial charge is 0.137 e. The van der Waals surface area contributed by atoms with Crippen molar-refractivity contribution in [1.29, 1.82) is 0 Å². The van der Waals surface area contributed by atoms with Gasteiger partial charge >= 0.3 is 0 Å². The van der Waals surface area contributed by atoms with E-state index in [-0.39, 0.29) is 6.10 Å². The average molecular weight is 338 g/mol. The molecule has 0 atom stereocenters. The van der Waals surface area contributed by atoms with Gasteiger partial charge in [-0.05, 0) is 25.3 Å². The number of benzene rings is 1. The molecule has 4 rings (SSSR count). The summed E-state index contributed by atoms with van der Waals surface area (Å²) in [5.41, 5.74) is 3.84.